The Kier molecular flexibility index (Phi) is 3.53. The first-order valence-electron chi connectivity index (χ1n) is 5.35. The van der Waals surface area contributed by atoms with Gasteiger partial charge >= 0.3 is 0 Å². The van der Waals surface area contributed by atoms with Gasteiger partial charge in [-0.1, -0.05) is 11.6 Å². The highest BCUT2D eigenvalue weighted by molar-refractivity contribution is 6.32. The zero-order valence-electron chi connectivity index (χ0n) is 9.40. The van der Waals surface area contributed by atoms with Crippen molar-refractivity contribution in [3.05, 3.63) is 28.3 Å². The van der Waals surface area contributed by atoms with E-state index < -0.39 is 6.10 Å². The van der Waals surface area contributed by atoms with E-state index in [0.29, 0.717) is 23.8 Å². The highest BCUT2D eigenvalue weighted by Crippen LogP contribution is 2.28. The maximum Gasteiger partial charge on any atom is 0.101 e. The van der Waals surface area contributed by atoms with Crippen LogP contribution in [0.25, 0.3) is 0 Å². The van der Waals surface area contributed by atoms with Gasteiger partial charge in [-0.25, -0.2) is 0 Å². The summed E-state index contributed by atoms with van der Waals surface area (Å²) < 4.78 is 5.16. The lowest BCUT2D eigenvalue weighted by molar-refractivity contribution is 0.125. The molecule has 0 aromatic heterocycles. The smallest absolute Gasteiger partial charge is 0.101 e. The summed E-state index contributed by atoms with van der Waals surface area (Å²) in [6, 6.07) is 5.37. The number of hydrogen-bond donors (Lipinski definition) is 2. The van der Waals surface area contributed by atoms with Gasteiger partial charge in [-0.3, -0.25) is 0 Å². The van der Waals surface area contributed by atoms with Crippen molar-refractivity contribution in [3.63, 3.8) is 0 Å². The average Bonchev–Trinajstić information content (AvgIpc) is 2.71. The summed E-state index contributed by atoms with van der Waals surface area (Å²) in [4.78, 5) is 0. The highest BCUT2D eigenvalue weighted by atomic mass is 35.5. The first kappa shape index (κ1) is 12.2. The normalized spacial score (nSPS) is 23.4. The summed E-state index contributed by atoms with van der Waals surface area (Å²) in [5.74, 6) is 0. The molecule has 0 radical (unpaired) electrons. The van der Waals surface area contributed by atoms with Gasteiger partial charge in [-0.15, -0.1) is 0 Å². The van der Waals surface area contributed by atoms with Gasteiger partial charge in [-0.2, -0.15) is 5.26 Å². The molecule has 1 aromatic rings. The van der Waals surface area contributed by atoms with E-state index in [1.54, 1.807) is 12.1 Å². The molecule has 0 bridgehead atoms. The van der Waals surface area contributed by atoms with Gasteiger partial charge in [0.15, 0.2) is 0 Å². The standard InChI is InChI=1S/C12H13ClN2O2/c1-7-9(3-2-8(4-14)12(7)13)15-10-5-17-6-11(10)16/h2-3,10-11,15-16H,5-6H2,1H3/t10-,11-/m1/s1. The van der Waals surface area contributed by atoms with Crippen LogP contribution in [0.2, 0.25) is 5.02 Å². The van der Waals surface area contributed by atoms with Crippen LogP contribution in [0.15, 0.2) is 12.1 Å². The summed E-state index contributed by atoms with van der Waals surface area (Å²) in [7, 11) is 0. The molecule has 0 unspecified atom stereocenters. The van der Waals surface area contributed by atoms with E-state index in [1.807, 2.05) is 13.0 Å². The third kappa shape index (κ3) is 2.37. The minimum absolute atomic E-state index is 0.127. The molecule has 2 rings (SSSR count). The molecule has 4 nitrogen and oxygen atoms in total. The highest BCUT2D eigenvalue weighted by Gasteiger charge is 2.26. The largest absolute Gasteiger partial charge is 0.388 e. The van der Waals surface area contributed by atoms with Crippen LogP contribution in [0.1, 0.15) is 11.1 Å². The number of rotatable bonds is 2. The third-order valence-electron chi connectivity index (χ3n) is 2.90. The van der Waals surface area contributed by atoms with E-state index in [0.717, 1.165) is 11.3 Å². The predicted molar refractivity (Wildman–Crippen MR) is 65.1 cm³/mol. The maximum atomic E-state index is 9.64. The van der Waals surface area contributed by atoms with E-state index in [-0.39, 0.29) is 6.04 Å². The number of halogens is 1. The summed E-state index contributed by atoms with van der Waals surface area (Å²) in [5.41, 5.74) is 2.09. The van der Waals surface area contributed by atoms with Crippen molar-refractivity contribution in [1.29, 1.82) is 5.26 Å². The Morgan fingerprint density at radius 1 is 1.53 bits per heavy atom. The fraction of sp³-hybridized carbons (Fsp3) is 0.417. The van der Waals surface area contributed by atoms with Gasteiger partial charge < -0.3 is 15.2 Å². The van der Waals surface area contributed by atoms with Gasteiger partial charge in [-0.05, 0) is 24.6 Å². The third-order valence-corrected chi connectivity index (χ3v) is 3.39. The molecule has 1 aliphatic heterocycles. The SMILES string of the molecule is Cc1c(N[C@@H]2COC[C@H]2O)ccc(C#N)c1Cl. The van der Waals surface area contributed by atoms with E-state index in [4.69, 9.17) is 21.6 Å². The first-order chi connectivity index (χ1) is 8.13. The molecule has 1 heterocycles. The lowest BCUT2D eigenvalue weighted by Gasteiger charge is -2.18. The van der Waals surface area contributed by atoms with Crippen molar-refractivity contribution in [2.75, 3.05) is 18.5 Å². The van der Waals surface area contributed by atoms with Crippen LogP contribution in [-0.2, 0) is 4.74 Å². The molecule has 1 saturated heterocycles. The summed E-state index contributed by atoms with van der Waals surface area (Å²) in [6.07, 6.45) is -0.510. The number of nitrogens with one attached hydrogen (secondary N) is 1. The molecular formula is C12H13ClN2O2. The molecule has 0 spiro atoms. The Bertz CT molecular complexity index is 470. The first-order valence-corrected chi connectivity index (χ1v) is 5.73. The van der Waals surface area contributed by atoms with Gasteiger partial charge in [0.05, 0.1) is 35.9 Å². The lowest BCUT2D eigenvalue weighted by atomic mass is 10.1. The monoisotopic (exact) mass is 252 g/mol. The van der Waals surface area contributed by atoms with E-state index in [9.17, 15) is 5.11 Å². The zero-order chi connectivity index (χ0) is 12.4. The minimum Gasteiger partial charge on any atom is -0.388 e. The maximum absolute atomic E-state index is 9.64. The molecule has 1 fully saturated rings. The molecule has 2 N–H and O–H groups in total. The number of aliphatic hydroxyl groups is 1. The summed E-state index contributed by atoms with van der Waals surface area (Å²) in [5, 5.41) is 22.1. The van der Waals surface area contributed by atoms with Crippen molar-refractivity contribution in [3.8, 4) is 6.07 Å². The molecule has 0 saturated carbocycles. The van der Waals surface area contributed by atoms with Crippen LogP contribution < -0.4 is 5.32 Å². The van der Waals surface area contributed by atoms with Crippen molar-refractivity contribution >= 4 is 17.3 Å². The number of anilines is 1. The number of nitrogens with zero attached hydrogens (tertiary/aromatic N) is 1. The van der Waals surface area contributed by atoms with Crippen LogP contribution in [0.3, 0.4) is 0 Å². The topological polar surface area (TPSA) is 65.3 Å². The fourth-order valence-corrected chi connectivity index (χ4v) is 2.02. The Morgan fingerprint density at radius 3 is 2.88 bits per heavy atom. The molecule has 5 heteroatoms. The second-order valence-corrected chi connectivity index (χ2v) is 4.45. The molecule has 0 aliphatic carbocycles. The van der Waals surface area contributed by atoms with Gasteiger partial charge in [0, 0.05) is 5.69 Å². The molecule has 1 aliphatic rings. The molecule has 90 valence electrons. The van der Waals surface area contributed by atoms with Crippen molar-refractivity contribution in [1.82, 2.24) is 0 Å². The van der Waals surface area contributed by atoms with Gasteiger partial charge in [0.1, 0.15) is 6.07 Å². The zero-order valence-corrected chi connectivity index (χ0v) is 10.2. The summed E-state index contributed by atoms with van der Waals surface area (Å²) in [6.45, 7) is 2.66. The number of hydrogen-bond acceptors (Lipinski definition) is 4. The van der Waals surface area contributed by atoms with Crippen molar-refractivity contribution in [2.24, 2.45) is 0 Å². The lowest BCUT2D eigenvalue weighted by Crippen LogP contribution is -2.32. The number of aliphatic hydroxyl groups excluding tert-OH is 1. The van der Waals surface area contributed by atoms with E-state index >= 15 is 0 Å². The molecule has 1 aromatic carbocycles. The predicted octanol–water partition coefficient (Wildman–Crippen LogP) is 1.69. The Hall–Kier alpha value is -1.28. The minimum atomic E-state index is -0.510. The van der Waals surface area contributed by atoms with Crippen molar-refractivity contribution in [2.45, 2.75) is 19.1 Å². The van der Waals surface area contributed by atoms with Crippen LogP contribution in [-0.4, -0.2) is 30.5 Å². The Balaban J connectivity index is 2.22. The van der Waals surface area contributed by atoms with Crippen LogP contribution >= 0.6 is 11.6 Å². The van der Waals surface area contributed by atoms with Gasteiger partial charge in [0.25, 0.3) is 0 Å². The second kappa shape index (κ2) is 4.92. The van der Waals surface area contributed by atoms with Crippen molar-refractivity contribution < 1.29 is 9.84 Å². The quantitative estimate of drug-likeness (QED) is 0.841. The number of ether oxygens (including phenoxy) is 1. The van der Waals surface area contributed by atoms with Crippen LogP contribution in [0.4, 0.5) is 5.69 Å². The molecule has 17 heavy (non-hydrogen) atoms. The Labute approximate surface area is 105 Å². The van der Waals surface area contributed by atoms with E-state index in [1.165, 1.54) is 0 Å². The molecule has 2 atom stereocenters. The summed E-state index contributed by atoms with van der Waals surface area (Å²) >= 11 is 6.06. The molecule has 0 amide bonds. The average molecular weight is 253 g/mol. The number of benzene rings is 1. The van der Waals surface area contributed by atoms with Crippen LogP contribution in [0.5, 0.6) is 0 Å². The van der Waals surface area contributed by atoms with Gasteiger partial charge in [0.2, 0.25) is 0 Å². The molecular weight excluding hydrogens is 240 g/mol. The second-order valence-electron chi connectivity index (χ2n) is 4.07. The van der Waals surface area contributed by atoms with Crippen LogP contribution in [0, 0.1) is 18.3 Å². The van der Waals surface area contributed by atoms with E-state index in [2.05, 4.69) is 5.32 Å². The fourth-order valence-electron chi connectivity index (χ4n) is 1.81. The Morgan fingerprint density at radius 2 is 2.29 bits per heavy atom. The number of nitriles is 1.